The smallest absolute Gasteiger partial charge is 0.217 e. The first-order valence-corrected chi connectivity index (χ1v) is 9.70. The van der Waals surface area contributed by atoms with E-state index in [1.54, 1.807) is 0 Å². The zero-order valence-corrected chi connectivity index (χ0v) is 16.0. The molecule has 2 amide bonds. The van der Waals surface area contributed by atoms with Crippen molar-refractivity contribution in [3.8, 4) is 0 Å². The average Bonchev–Trinajstić information content (AvgIpc) is 2.50. The van der Waals surface area contributed by atoms with Crippen LogP contribution in [0, 0.1) is 0 Å². The van der Waals surface area contributed by atoms with Crippen LogP contribution in [0.3, 0.4) is 0 Å². The molecule has 24 heavy (non-hydrogen) atoms. The molecule has 0 spiro atoms. The minimum absolute atomic E-state index is 0.164. The van der Waals surface area contributed by atoms with E-state index in [1.807, 2.05) is 0 Å². The van der Waals surface area contributed by atoms with E-state index in [0.717, 1.165) is 12.8 Å². The second-order valence-electron chi connectivity index (χ2n) is 6.41. The molecular formula is C20H40N2O2. The van der Waals surface area contributed by atoms with E-state index in [-0.39, 0.29) is 11.8 Å². The highest BCUT2D eigenvalue weighted by molar-refractivity contribution is 5.73. The van der Waals surface area contributed by atoms with Gasteiger partial charge in [0, 0.05) is 13.3 Å². The lowest BCUT2D eigenvalue weighted by Gasteiger charge is -1.99. The molecule has 0 aromatic rings. The predicted molar refractivity (Wildman–Crippen MR) is 104 cm³/mol. The van der Waals surface area contributed by atoms with Crippen LogP contribution in [0.15, 0.2) is 12.2 Å². The van der Waals surface area contributed by atoms with Gasteiger partial charge < -0.3 is 11.5 Å². The van der Waals surface area contributed by atoms with Gasteiger partial charge in [0.15, 0.2) is 0 Å². The highest BCUT2D eigenvalue weighted by Crippen LogP contribution is 2.09. The number of nitrogens with two attached hydrogens (primary N) is 2. The van der Waals surface area contributed by atoms with Gasteiger partial charge in [0.05, 0.1) is 0 Å². The van der Waals surface area contributed by atoms with Gasteiger partial charge in [-0.25, -0.2) is 0 Å². The Bertz CT molecular complexity index is 311. The highest BCUT2D eigenvalue weighted by Gasteiger charge is 1.94. The number of allylic oxidation sites excluding steroid dienone is 2. The van der Waals surface area contributed by atoms with Crippen molar-refractivity contribution >= 4 is 11.8 Å². The Hall–Kier alpha value is -1.32. The van der Waals surface area contributed by atoms with E-state index >= 15 is 0 Å². The maximum Gasteiger partial charge on any atom is 0.217 e. The van der Waals surface area contributed by atoms with Gasteiger partial charge in [-0.1, -0.05) is 70.4 Å². The Labute approximate surface area is 149 Å². The molecule has 0 aromatic heterocycles. The quantitative estimate of drug-likeness (QED) is 0.324. The molecule has 4 N–H and O–H groups in total. The maximum atomic E-state index is 10.5. The molecule has 142 valence electrons. The van der Waals surface area contributed by atoms with Crippen molar-refractivity contribution in [2.75, 3.05) is 0 Å². The topological polar surface area (TPSA) is 86.2 Å². The van der Waals surface area contributed by atoms with Gasteiger partial charge in [-0.2, -0.15) is 0 Å². The van der Waals surface area contributed by atoms with E-state index < -0.39 is 0 Å². The van der Waals surface area contributed by atoms with Gasteiger partial charge in [0.2, 0.25) is 11.8 Å². The fourth-order valence-electron chi connectivity index (χ4n) is 2.37. The molecule has 0 fully saturated rings. The number of carbonyl (C=O) groups excluding carboxylic acids is 2. The molecule has 4 heteroatoms. The van der Waals surface area contributed by atoms with Crippen LogP contribution < -0.4 is 11.5 Å². The van der Waals surface area contributed by atoms with Gasteiger partial charge in [0.1, 0.15) is 0 Å². The van der Waals surface area contributed by atoms with Crippen LogP contribution >= 0.6 is 0 Å². The summed E-state index contributed by atoms with van der Waals surface area (Å²) in [7, 11) is 0. The molecule has 0 saturated heterocycles. The Kier molecular flexibility index (Phi) is 22.5. The molecule has 0 rings (SSSR count). The van der Waals surface area contributed by atoms with Gasteiger partial charge in [0.25, 0.3) is 0 Å². The second-order valence-corrected chi connectivity index (χ2v) is 6.41. The van der Waals surface area contributed by atoms with Gasteiger partial charge in [-0.05, 0) is 32.1 Å². The number of rotatable bonds is 15. The summed E-state index contributed by atoms with van der Waals surface area (Å²) < 4.78 is 0. The Morgan fingerprint density at radius 1 is 0.708 bits per heavy atom. The molecule has 0 aliphatic rings. The van der Waals surface area contributed by atoms with Crippen molar-refractivity contribution in [3.05, 3.63) is 12.2 Å². The number of hydrogen-bond acceptors (Lipinski definition) is 2. The number of carbonyl (C=O) groups is 2. The number of primary amides is 2. The molecule has 0 aliphatic heterocycles. The number of unbranched alkanes of at least 4 members (excludes halogenated alkanes) is 11. The molecule has 0 unspecified atom stereocenters. The van der Waals surface area contributed by atoms with Crippen molar-refractivity contribution < 1.29 is 9.59 Å². The summed E-state index contributed by atoms with van der Waals surface area (Å²) in [5.74, 6) is -0.498. The zero-order chi connectivity index (χ0) is 18.5. The van der Waals surface area contributed by atoms with E-state index in [9.17, 15) is 9.59 Å². The van der Waals surface area contributed by atoms with Crippen LogP contribution in [0.4, 0.5) is 0 Å². The Balaban J connectivity index is 0. The lowest BCUT2D eigenvalue weighted by Crippen LogP contribution is -2.09. The maximum absolute atomic E-state index is 10.5. The summed E-state index contributed by atoms with van der Waals surface area (Å²) in [6.07, 6.45) is 21.9. The highest BCUT2D eigenvalue weighted by atomic mass is 16.1. The third-order valence-electron chi connectivity index (χ3n) is 3.68. The van der Waals surface area contributed by atoms with Gasteiger partial charge in [-0.3, -0.25) is 9.59 Å². The molecule has 0 heterocycles. The standard InChI is InChI=1S/C18H35NO.C2H5NO/c1-2-3-4-5-6-7-8-9-10-11-12-13-14-15-16-17-18(19)20;1-2(3)4/h9-10H,2-8,11-17H2,1H3,(H2,19,20);1H3,(H2,3,4)/b10-9-;. The van der Waals surface area contributed by atoms with Crippen LogP contribution in [0.5, 0.6) is 0 Å². The van der Waals surface area contributed by atoms with Gasteiger partial charge in [-0.15, -0.1) is 0 Å². The first-order chi connectivity index (χ1) is 11.5. The van der Waals surface area contributed by atoms with Crippen molar-refractivity contribution in [2.45, 2.75) is 104 Å². The monoisotopic (exact) mass is 340 g/mol. The lowest BCUT2D eigenvalue weighted by atomic mass is 10.1. The van der Waals surface area contributed by atoms with Crippen LogP contribution in [0.2, 0.25) is 0 Å². The van der Waals surface area contributed by atoms with Crippen molar-refractivity contribution in [2.24, 2.45) is 11.5 Å². The van der Waals surface area contributed by atoms with Crippen molar-refractivity contribution in [3.63, 3.8) is 0 Å². The summed E-state index contributed by atoms with van der Waals surface area (Å²) in [5.41, 5.74) is 9.57. The summed E-state index contributed by atoms with van der Waals surface area (Å²) in [4.78, 5) is 19.8. The Morgan fingerprint density at radius 2 is 1.08 bits per heavy atom. The van der Waals surface area contributed by atoms with E-state index in [1.165, 1.54) is 77.6 Å². The first-order valence-electron chi connectivity index (χ1n) is 9.70. The second kappa shape index (κ2) is 21.7. The molecule has 0 saturated carbocycles. The zero-order valence-electron chi connectivity index (χ0n) is 16.0. The lowest BCUT2D eigenvalue weighted by molar-refractivity contribution is -0.118. The van der Waals surface area contributed by atoms with E-state index in [0.29, 0.717) is 6.42 Å². The average molecular weight is 341 g/mol. The SMILES string of the molecule is CC(N)=O.CCCCCCCC/C=C\CCCCCCCC(N)=O. The molecule has 0 radical (unpaired) electrons. The summed E-state index contributed by atoms with van der Waals surface area (Å²) >= 11 is 0. The van der Waals surface area contributed by atoms with Crippen LogP contribution in [0.1, 0.15) is 104 Å². The van der Waals surface area contributed by atoms with Crippen LogP contribution in [0.25, 0.3) is 0 Å². The third-order valence-corrected chi connectivity index (χ3v) is 3.68. The number of amides is 2. The normalized spacial score (nSPS) is 10.4. The van der Waals surface area contributed by atoms with E-state index in [2.05, 4.69) is 24.8 Å². The predicted octanol–water partition coefficient (Wildman–Crippen LogP) is 5.00. The van der Waals surface area contributed by atoms with Crippen molar-refractivity contribution in [1.82, 2.24) is 0 Å². The minimum atomic E-state index is -0.333. The first kappa shape index (κ1) is 24.9. The molecule has 0 aromatic carbocycles. The Morgan fingerprint density at radius 3 is 1.50 bits per heavy atom. The minimum Gasteiger partial charge on any atom is -0.370 e. The fraction of sp³-hybridized carbons (Fsp3) is 0.800. The molecule has 0 atom stereocenters. The molecule has 4 nitrogen and oxygen atoms in total. The largest absolute Gasteiger partial charge is 0.370 e. The van der Waals surface area contributed by atoms with Gasteiger partial charge >= 0.3 is 0 Å². The van der Waals surface area contributed by atoms with Crippen LogP contribution in [-0.2, 0) is 9.59 Å². The van der Waals surface area contributed by atoms with E-state index in [4.69, 9.17) is 5.73 Å². The fourth-order valence-corrected chi connectivity index (χ4v) is 2.37. The summed E-state index contributed by atoms with van der Waals surface area (Å²) in [6.45, 7) is 3.57. The van der Waals surface area contributed by atoms with Crippen molar-refractivity contribution in [1.29, 1.82) is 0 Å². The van der Waals surface area contributed by atoms with Crippen LogP contribution in [-0.4, -0.2) is 11.8 Å². The summed E-state index contributed by atoms with van der Waals surface area (Å²) in [6, 6.07) is 0. The molecule has 0 aliphatic carbocycles. The number of hydrogen-bond donors (Lipinski definition) is 2. The molecule has 0 bridgehead atoms. The summed E-state index contributed by atoms with van der Waals surface area (Å²) in [5, 5.41) is 0. The molecular weight excluding hydrogens is 300 g/mol. The third kappa shape index (κ3) is 32.6.